The lowest BCUT2D eigenvalue weighted by atomic mass is 9.79. The molecule has 1 saturated heterocycles. The second kappa shape index (κ2) is 6.02. The first kappa shape index (κ1) is 13.8. The lowest BCUT2D eigenvalue weighted by molar-refractivity contribution is -0.126. The predicted octanol–water partition coefficient (Wildman–Crippen LogP) is 0.960. The van der Waals surface area contributed by atoms with E-state index in [1.165, 1.54) is 12.8 Å². The Hall–Kier alpha value is -0.610. The molecule has 0 bridgehead atoms. The third-order valence-corrected chi connectivity index (χ3v) is 4.79. The fourth-order valence-corrected chi connectivity index (χ4v) is 3.26. The van der Waals surface area contributed by atoms with Gasteiger partial charge in [-0.1, -0.05) is 6.92 Å². The fraction of sp³-hybridized carbons (Fsp3) is 0.929. The largest absolute Gasteiger partial charge is 0.354 e. The maximum atomic E-state index is 12.1. The Balaban J connectivity index is 1.74. The van der Waals surface area contributed by atoms with E-state index in [2.05, 4.69) is 24.2 Å². The number of hydrogen-bond acceptors (Lipinski definition) is 3. The molecule has 2 aliphatic rings. The summed E-state index contributed by atoms with van der Waals surface area (Å²) in [4.78, 5) is 14.5. The van der Waals surface area contributed by atoms with E-state index in [1.807, 2.05) is 0 Å². The molecule has 2 fully saturated rings. The van der Waals surface area contributed by atoms with Crippen LogP contribution in [0.25, 0.3) is 0 Å². The molecule has 1 amide bonds. The van der Waals surface area contributed by atoms with Gasteiger partial charge in [-0.2, -0.15) is 0 Å². The number of carbonyl (C=O) groups excluding carboxylic acids is 1. The molecular formula is C14H27N3O. The zero-order valence-electron chi connectivity index (χ0n) is 11.7. The first-order valence-electron chi connectivity index (χ1n) is 7.31. The van der Waals surface area contributed by atoms with E-state index >= 15 is 0 Å². The van der Waals surface area contributed by atoms with Gasteiger partial charge in [0.1, 0.15) is 0 Å². The number of carbonyl (C=O) groups is 1. The second-order valence-electron chi connectivity index (χ2n) is 6.17. The van der Waals surface area contributed by atoms with Crippen LogP contribution in [0.2, 0.25) is 0 Å². The van der Waals surface area contributed by atoms with Crippen LogP contribution in [-0.4, -0.2) is 43.0 Å². The van der Waals surface area contributed by atoms with Crippen molar-refractivity contribution in [3.05, 3.63) is 0 Å². The minimum absolute atomic E-state index is 0.187. The van der Waals surface area contributed by atoms with Crippen molar-refractivity contribution < 1.29 is 4.79 Å². The molecule has 0 aromatic rings. The molecule has 0 spiro atoms. The number of nitrogens with one attached hydrogen (secondary N) is 1. The molecular weight excluding hydrogens is 226 g/mol. The van der Waals surface area contributed by atoms with Gasteiger partial charge in [0.05, 0.1) is 0 Å². The Labute approximate surface area is 110 Å². The molecule has 0 aromatic carbocycles. The maximum Gasteiger partial charge on any atom is 0.223 e. The fourth-order valence-electron chi connectivity index (χ4n) is 3.26. The average molecular weight is 253 g/mol. The lowest BCUT2D eigenvalue weighted by Gasteiger charge is -2.31. The molecule has 4 atom stereocenters. The van der Waals surface area contributed by atoms with Crippen molar-refractivity contribution in [3.8, 4) is 0 Å². The van der Waals surface area contributed by atoms with Crippen molar-refractivity contribution in [2.45, 2.75) is 51.1 Å². The van der Waals surface area contributed by atoms with Crippen LogP contribution in [0.15, 0.2) is 0 Å². The number of likely N-dealkylation sites (N-methyl/N-ethyl adjacent to an activating group) is 1. The molecule has 1 aliphatic heterocycles. The van der Waals surface area contributed by atoms with E-state index in [4.69, 9.17) is 5.73 Å². The summed E-state index contributed by atoms with van der Waals surface area (Å²) in [7, 11) is 2.14. The van der Waals surface area contributed by atoms with Gasteiger partial charge in [0.25, 0.3) is 0 Å². The van der Waals surface area contributed by atoms with Crippen molar-refractivity contribution in [1.82, 2.24) is 10.2 Å². The predicted molar refractivity (Wildman–Crippen MR) is 73.1 cm³/mol. The summed E-state index contributed by atoms with van der Waals surface area (Å²) in [5.74, 6) is 0.907. The summed E-state index contributed by atoms with van der Waals surface area (Å²) in [6.07, 6.45) is 5.36. The summed E-state index contributed by atoms with van der Waals surface area (Å²) in [5.41, 5.74) is 5.99. The lowest BCUT2D eigenvalue weighted by Crippen LogP contribution is -2.44. The number of rotatable bonds is 3. The number of nitrogens with two attached hydrogens (primary N) is 1. The smallest absolute Gasteiger partial charge is 0.223 e. The highest BCUT2D eigenvalue weighted by atomic mass is 16.1. The molecule has 2 rings (SSSR count). The number of nitrogens with zero attached hydrogens (tertiary/aromatic N) is 1. The number of amides is 1. The average Bonchev–Trinajstić information content (AvgIpc) is 2.75. The van der Waals surface area contributed by atoms with Crippen LogP contribution in [0.1, 0.15) is 39.0 Å². The first-order chi connectivity index (χ1) is 8.58. The molecule has 0 aromatic heterocycles. The van der Waals surface area contributed by atoms with E-state index < -0.39 is 0 Å². The minimum atomic E-state index is 0.187. The van der Waals surface area contributed by atoms with E-state index in [9.17, 15) is 4.79 Å². The van der Waals surface area contributed by atoms with Crippen LogP contribution in [0.5, 0.6) is 0 Å². The SMILES string of the molecule is CC1CC(C(=O)NCC2CCCN2C)CCC1N. The summed E-state index contributed by atoms with van der Waals surface area (Å²) < 4.78 is 0. The Morgan fingerprint density at radius 3 is 2.78 bits per heavy atom. The highest BCUT2D eigenvalue weighted by Gasteiger charge is 2.30. The molecule has 1 aliphatic carbocycles. The minimum Gasteiger partial charge on any atom is -0.354 e. The van der Waals surface area contributed by atoms with E-state index in [1.54, 1.807) is 0 Å². The van der Waals surface area contributed by atoms with Gasteiger partial charge in [-0.25, -0.2) is 0 Å². The van der Waals surface area contributed by atoms with E-state index in [0.29, 0.717) is 12.0 Å². The van der Waals surface area contributed by atoms with Gasteiger partial charge in [0.15, 0.2) is 0 Å². The summed E-state index contributed by atoms with van der Waals surface area (Å²) in [6, 6.07) is 0.826. The van der Waals surface area contributed by atoms with Crippen molar-refractivity contribution >= 4 is 5.91 Å². The van der Waals surface area contributed by atoms with Gasteiger partial charge >= 0.3 is 0 Å². The van der Waals surface area contributed by atoms with Gasteiger partial charge < -0.3 is 16.0 Å². The van der Waals surface area contributed by atoms with E-state index in [-0.39, 0.29) is 17.9 Å². The third-order valence-electron chi connectivity index (χ3n) is 4.79. The van der Waals surface area contributed by atoms with Gasteiger partial charge in [0.2, 0.25) is 5.91 Å². The van der Waals surface area contributed by atoms with Gasteiger partial charge in [-0.15, -0.1) is 0 Å². The van der Waals surface area contributed by atoms with Crippen LogP contribution < -0.4 is 11.1 Å². The van der Waals surface area contributed by atoms with Gasteiger partial charge in [-0.3, -0.25) is 4.79 Å². The molecule has 4 nitrogen and oxygen atoms in total. The molecule has 3 N–H and O–H groups in total. The summed E-state index contributed by atoms with van der Waals surface area (Å²) >= 11 is 0. The quantitative estimate of drug-likeness (QED) is 0.787. The van der Waals surface area contributed by atoms with Crippen LogP contribution in [0.3, 0.4) is 0 Å². The molecule has 1 heterocycles. The second-order valence-corrected chi connectivity index (χ2v) is 6.17. The third kappa shape index (κ3) is 3.23. The molecule has 1 saturated carbocycles. The van der Waals surface area contributed by atoms with Crippen LogP contribution in [0.4, 0.5) is 0 Å². The monoisotopic (exact) mass is 253 g/mol. The van der Waals surface area contributed by atoms with Gasteiger partial charge in [-0.05, 0) is 51.6 Å². The summed E-state index contributed by atoms with van der Waals surface area (Å²) in [6.45, 7) is 4.14. The van der Waals surface area contributed by atoms with Crippen LogP contribution in [0, 0.1) is 11.8 Å². The van der Waals surface area contributed by atoms with Crippen molar-refractivity contribution in [2.24, 2.45) is 17.6 Å². The molecule has 104 valence electrons. The normalized spacial score (nSPS) is 37.7. The first-order valence-corrected chi connectivity index (χ1v) is 7.31. The maximum absolute atomic E-state index is 12.1. The molecule has 4 unspecified atom stereocenters. The summed E-state index contributed by atoms with van der Waals surface area (Å²) in [5, 5.41) is 3.14. The highest BCUT2D eigenvalue weighted by Crippen LogP contribution is 2.28. The van der Waals surface area contributed by atoms with Crippen LogP contribution in [-0.2, 0) is 4.79 Å². The Bertz CT molecular complexity index is 295. The Kier molecular flexibility index (Phi) is 4.62. The van der Waals surface area contributed by atoms with Crippen molar-refractivity contribution in [3.63, 3.8) is 0 Å². The highest BCUT2D eigenvalue weighted by molar-refractivity contribution is 5.78. The standard InChI is InChI=1S/C14H27N3O/c1-10-8-11(5-6-13(10)15)14(18)16-9-12-4-3-7-17(12)2/h10-13H,3-9,15H2,1-2H3,(H,16,18). The number of hydrogen-bond donors (Lipinski definition) is 2. The molecule has 4 heteroatoms. The molecule has 18 heavy (non-hydrogen) atoms. The Morgan fingerprint density at radius 1 is 1.39 bits per heavy atom. The topological polar surface area (TPSA) is 58.4 Å². The zero-order valence-corrected chi connectivity index (χ0v) is 11.7. The Morgan fingerprint density at radius 2 is 2.17 bits per heavy atom. The van der Waals surface area contributed by atoms with Crippen LogP contribution >= 0.6 is 0 Å². The molecule has 0 radical (unpaired) electrons. The van der Waals surface area contributed by atoms with E-state index in [0.717, 1.165) is 32.4 Å². The number of likely N-dealkylation sites (tertiary alicyclic amines) is 1. The van der Waals surface area contributed by atoms with Gasteiger partial charge in [0, 0.05) is 24.5 Å². The van der Waals surface area contributed by atoms with Crippen molar-refractivity contribution in [2.75, 3.05) is 20.1 Å². The van der Waals surface area contributed by atoms with Crippen molar-refractivity contribution in [1.29, 1.82) is 0 Å². The zero-order chi connectivity index (χ0) is 13.1.